The Balaban J connectivity index is 1.54. The van der Waals surface area contributed by atoms with Gasteiger partial charge in [-0.15, -0.1) is 0 Å². The van der Waals surface area contributed by atoms with E-state index in [1.165, 1.54) is 24.3 Å². The molecule has 15 heteroatoms. The quantitative estimate of drug-likeness (QED) is 0.157. The van der Waals surface area contributed by atoms with Gasteiger partial charge in [-0.1, -0.05) is 42.5 Å². The van der Waals surface area contributed by atoms with Crippen LogP contribution in [0.5, 0.6) is 5.75 Å². The largest absolute Gasteiger partial charge is 0.491 e. The number of aromatic nitrogens is 3. The Kier molecular flexibility index (Phi) is 9.52. The molecule has 2 aromatic carbocycles. The van der Waals surface area contributed by atoms with Crippen LogP contribution in [-0.2, 0) is 21.8 Å². The number of carbonyl (C=O) groups is 1. The van der Waals surface area contributed by atoms with Gasteiger partial charge in [0, 0.05) is 12.1 Å². The summed E-state index contributed by atoms with van der Waals surface area (Å²) in [5.41, 5.74) is -3.21. The number of alkyl halides is 6. The fourth-order valence-electron chi connectivity index (χ4n) is 3.92. The number of carboxylic acid groups (broad SMARTS) is 1. The Labute approximate surface area is 234 Å². The molecular formula is C27H24F6N4O5. The highest BCUT2D eigenvalue weighted by Crippen LogP contribution is 2.40. The molecule has 4 rings (SSSR count). The van der Waals surface area contributed by atoms with Crippen LogP contribution in [0.2, 0.25) is 0 Å². The summed E-state index contributed by atoms with van der Waals surface area (Å²) < 4.78 is 98.9. The molecule has 1 amide bonds. The lowest BCUT2D eigenvalue weighted by atomic mass is 10.0. The number of hydrogen-bond donors (Lipinski definition) is 2. The number of hydrogen-bond acceptors (Lipinski definition) is 6. The van der Waals surface area contributed by atoms with Crippen molar-refractivity contribution in [2.45, 2.75) is 12.4 Å². The number of halogens is 6. The third-order valence-electron chi connectivity index (χ3n) is 5.75. The van der Waals surface area contributed by atoms with Gasteiger partial charge in [-0.3, -0.25) is 0 Å². The number of nitrogens with zero attached hydrogens (tertiary/aromatic N) is 3. The van der Waals surface area contributed by atoms with Gasteiger partial charge in [-0.05, 0) is 23.8 Å². The molecule has 0 saturated carbocycles. The number of nitrogens with one attached hydrogen (secondary N) is 1. The number of rotatable bonds is 12. The molecule has 0 saturated heterocycles. The normalized spacial score (nSPS) is 12.0. The highest BCUT2D eigenvalue weighted by Gasteiger charge is 2.41. The molecule has 0 unspecified atom stereocenters. The highest BCUT2D eigenvalue weighted by atomic mass is 19.4. The van der Waals surface area contributed by atoms with E-state index in [1.807, 2.05) is 0 Å². The maximum atomic E-state index is 13.9. The van der Waals surface area contributed by atoms with E-state index in [9.17, 15) is 31.1 Å². The van der Waals surface area contributed by atoms with Crippen LogP contribution >= 0.6 is 0 Å². The SMILES string of the molecule is O=C(O)NCCOCCOCCOc1ccc(-c2c(-c3ccccc3)nn3c(C(F)(F)F)cc(C(F)(F)F)nc23)cc1. The second-order valence-corrected chi connectivity index (χ2v) is 8.68. The fourth-order valence-corrected chi connectivity index (χ4v) is 3.92. The average Bonchev–Trinajstić information content (AvgIpc) is 3.33. The van der Waals surface area contributed by atoms with Crippen molar-refractivity contribution in [3.05, 3.63) is 72.1 Å². The van der Waals surface area contributed by atoms with Gasteiger partial charge in [0.05, 0.1) is 32.0 Å². The first-order valence-electron chi connectivity index (χ1n) is 12.4. The van der Waals surface area contributed by atoms with Crippen LogP contribution < -0.4 is 10.1 Å². The Hall–Kier alpha value is -4.37. The van der Waals surface area contributed by atoms with Gasteiger partial charge < -0.3 is 24.6 Å². The van der Waals surface area contributed by atoms with Crippen LogP contribution in [0.3, 0.4) is 0 Å². The van der Waals surface area contributed by atoms with Crippen LogP contribution in [0.25, 0.3) is 28.0 Å². The minimum absolute atomic E-state index is 0.00811. The van der Waals surface area contributed by atoms with Gasteiger partial charge in [-0.25, -0.2) is 14.3 Å². The zero-order chi connectivity index (χ0) is 30.3. The average molecular weight is 599 g/mol. The van der Waals surface area contributed by atoms with Gasteiger partial charge in [0.15, 0.2) is 11.3 Å². The minimum Gasteiger partial charge on any atom is -0.491 e. The lowest BCUT2D eigenvalue weighted by molar-refractivity contribution is -0.148. The third kappa shape index (κ3) is 7.67. The zero-order valence-corrected chi connectivity index (χ0v) is 21.7. The van der Waals surface area contributed by atoms with Crippen molar-refractivity contribution >= 4 is 11.7 Å². The second kappa shape index (κ2) is 13.1. The predicted molar refractivity (Wildman–Crippen MR) is 137 cm³/mol. The number of fused-ring (bicyclic) bond motifs is 1. The molecule has 0 atom stereocenters. The summed E-state index contributed by atoms with van der Waals surface area (Å²) >= 11 is 0. The summed E-state index contributed by atoms with van der Waals surface area (Å²) in [5.74, 6) is 0.385. The van der Waals surface area contributed by atoms with Gasteiger partial charge in [0.1, 0.15) is 23.7 Å². The summed E-state index contributed by atoms with van der Waals surface area (Å²) in [4.78, 5) is 13.9. The monoisotopic (exact) mass is 598 g/mol. The second-order valence-electron chi connectivity index (χ2n) is 8.68. The Bertz CT molecular complexity index is 1490. The molecule has 0 aliphatic heterocycles. The van der Waals surface area contributed by atoms with Crippen LogP contribution in [0.4, 0.5) is 31.1 Å². The van der Waals surface area contributed by atoms with Crippen molar-refractivity contribution in [3.63, 3.8) is 0 Å². The van der Waals surface area contributed by atoms with E-state index in [-0.39, 0.29) is 62.5 Å². The van der Waals surface area contributed by atoms with Crippen LogP contribution in [0, 0.1) is 0 Å². The Morgan fingerprint density at radius 3 is 2.10 bits per heavy atom. The highest BCUT2D eigenvalue weighted by molar-refractivity contribution is 5.90. The van der Waals surface area contributed by atoms with Gasteiger partial charge in [-0.2, -0.15) is 31.4 Å². The van der Waals surface area contributed by atoms with E-state index in [0.717, 1.165) is 0 Å². The molecule has 4 aromatic rings. The summed E-state index contributed by atoms with van der Waals surface area (Å²) in [6.45, 7) is 1.20. The molecule has 0 aliphatic rings. The van der Waals surface area contributed by atoms with E-state index < -0.39 is 35.5 Å². The Morgan fingerprint density at radius 1 is 0.833 bits per heavy atom. The lowest BCUT2D eigenvalue weighted by Gasteiger charge is -2.13. The number of benzene rings is 2. The molecule has 224 valence electrons. The molecule has 2 heterocycles. The minimum atomic E-state index is -5.14. The fraction of sp³-hybridized carbons (Fsp3) is 0.296. The Morgan fingerprint density at radius 2 is 1.48 bits per heavy atom. The van der Waals surface area contributed by atoms with E-state index in [4.69, 9.17) is 19.3 Å². The van der Waals surface area contributed by atoms with Crippen molar-refractivity contribution in [3.8, 4) is 28.1 Å². The zero-order valence-electron chi connectivity index (χ0n) is 21.7. The van der Waals surface area contributed by atoms with E-state index in [1.54, 1.807) is 30.3 Å². The molecule has 9 nitrogen and oxygen atoms in total. The van der Waals surface area contributed by atoms with Crippen molar-refractivity contribution in [2.75, 3.05) is 39.6 Å². The maximum Gasteiger partial charge on any atom is 0.433 e. The topological polar surface area (TPSA) is 107 Å². The third-order valence-corrected chi connectivity index (χ3v) is 5.75. The first-order chi connectivity index (χ1) is 19.9. The van der Waals surface area contributed by atoms with Crippen molar-refractivity contribution in [2.24, 2.45) is 0 Å². The van der Waals surface area contributed by atoms with E-state index in [0.29, 0.717) is 15.8 Å². The van der Waals surface area contributed by atoms with Crippen molar-refractivity contribution in [1.82, 2.24) is 19.9 Å². The van der Waals surface area contributed by atoms with Gasteiger partial charge in [0.25, 0.3) is 0 Å². The molecule has 42 heavy (non-hydrogen) atoms. The summed E-state index contributed by atoms with van der Waals surface area (Å²) in [5, 5.41) is 14.7. The molecule has 0 radical (unpaired) electrons. The predicted octanol–water partition coefficient (Wildman–Crippen LogP) is 5.78. The van der Waals surface area contributed by atoms with Crippen molar-refractivity contribution < 1.29 is 50.5 Å². The maximum absolute atomic E-state index is 13.9. The number of ether oxygens (including phenoxy) is 3. The summed E-state index contributed by atoms with van der Waals surface area (Å²) in [7, 11) is 0. The van der Waals surface area contributed by atoms with Crippen molar-refractivity contribution in [1.29, 1.82) is 0 Å². The van der Waals surface area contributed by atoms with E-state index >= 15 is 0 Å². The molecular weight excluding hydrogens is 574 g/mol. The van der Waals surface area contributed by atoms with Crippen LogP contribution in [0.15, 0.2) is 60.7 Å². The van der Waals surface area contributed by atoms with Crippen LogP contribution in [0.1, 0.15) is 11.4 Å². The van der Waals surface area contributed by atoms with Crippen LogP contribution in [-0.4, -0.2) is 65.4 Å². The van der Waals surface area contributed by atoms with E-state index in [2.05, 4.69) is 15.4 Å². The molecule has 0 bridgehead atoms. The molecule has 0 aliphatic carbocycles. The first-order valence-corrected chi connectivity index (χ1v) is 12.4. The van der Waals surface area contributed by atoms with Gasteiger partial charge >= 0.3 is 18.4 Å². The summed E-state index contributed by atoms with van der Waals surface area (Å²) in [6, 6.07) is 14.1. The standard InChI is InChI=1S/C27H24F6N4O5/c28-26(29,30)20-16-21(27(31,32)33)37-24(35-20)22(23(36-37)18-4-2-1-3-5-18)17-6-8-19(9-7-17)42-15-14-41-13-12-40-11-10-34-25(38)39/h1-9,16,34H,10-15H2,(H,38,39). The lowest BCUT2D eigenvalue weighted by Crippen LogP contribution is -2.25. The summed E-state index contributed by atoms with van der Waals surface area (Å²) in [6.07, 6.45) is -11.4. The number of amides is 1. The smallest absolute Gasteiger partial charge is 0.433 e. The molecule has 2 N–H and O–H groups in total. The first kappa shape index (κ1) is 30.6. The molecule has 2 aromatic heterocycles. The molecule has 0 spiro atoms. The molecule has 0 fully saturated rings. The van der Waals surface area contributed by atoms with Gasteiger partial charge in [0.2, 0.25) is 0 Å².